The van der Waals surface area contributed by atoms with Gasteiger partial charge >= 0.3 is 0 Å². The van der Waals surface area contributed by atoms with E-state index in [1.807, 2.05) is 11.6 Å². The number of hydrogen-bond acceptors (Lipinski definition) is 5. The van der Waals surface area contributed by atoms with Crippen LogP contribution in [0.3, 0.4) is 0 Å². The molecule has 1 aliphatic rings. The van der Waals surface area contributed by atoms with E-state index in [9.17, 15) is 4.39 Å². The van der Waals surface area contributed by atoms with Gasteiger partial charge in [0.2, 0.25) is 0 Å². The highest BCUT2D eigenvalue weighted by Crippen LogP contribution is 2.28. The Labute approximate surface area is 132 Å². The third-order valence-electron chi connectivity index (χ3n) is 4.52. The summed E-state index contributed by atoms with van der Waals surface area (Å²) in [5, 5.41) is 8.08. The number of nitrogens with zero attached hydrogens (tertiary/aromatic N) is 5. The molecule has 0 radical (unpaired) electrons. The standard InChI is InChI=1S/C16H18FN5O/c1-21-10-18-20-14(21)9-11-5-7-22(8-6-11)16-19-15-12(17)3-2-4-13(15)23-16/h2-4,10-11H,5-9H2,1H3. The average molecular weight is 315 g/mol. The molecule has 0 amide bonds. The second-order valence-corrected chi connectivity index (χ2v) is 6.08. The van der Waals surface area contributed by atoms with Gasteiger partial charge in [-0.2, -0.15) is 4.98 Å². The second kappa shape index (κ2) is 5.64. The van der Waals surface area contributed by atoms with Crippen molar-refractivity contribution >= 4 is 17.1 Å². The summed E-state index contributed by atoms with van der Waals surface area (Å²) in [7, 11) is 1.97. The number of aryl methyl sites for hydroxylation is 1. The van der Waals surface area contributed by atoms with E-state index in [0.717, 1.165) is 38.2 Å². The minimum atomic E-state index is -0.338. The number of hydrogen-bond donors (Lipinski definition) is 0. The van der Waals surface area contributed by atoms with Gasteiger partial charge in [-0.25, -0.2) is 4.39 Å². The molecule has 6 nitrogen and oxygen atoms in total. The van der Waals surface area contributed by atoms with Gasteiger partial charge in [0.05, 0.1) is 0 Å². The fraction of sp³-hybridized carbons (Fsp3) is 0.438. The van der Waals surface area contributed by atoms with Crippen molar-refractivity contribution in [3.05, 3.63) is 36.2 Å². The van der Waals surface area contributed by atoms with Crippen molar-refractivity contribution in [3.63, 3.8) is 0 Å². The van der Waals surface area contributed by atoms with Crippen LogP contribution in [0.15, 0.2) is 28.9 Å². The maximum absolute atomic E-state index is 13.7. The highest BCUT2D eigenvalue weighted by atomic mass is 19.1. The molecule has 4 rings (SSSR count). The van der Waals surface area contributed by atoms with Gasteiger partial charge in [0.15, 0.2) is 11.4 Å². The predicted octanol–water partition coefficient (Wildman–Crippen LogP) is 2.55. The van der Waals surface area contributed by atoms with Crippen molar-refractivity contribution in [1.82, 2.24) is 19.7 Å². The summed E-state index contributed by atoms with van der Waals surface area (Å²) in [6.07, 6.45) is 4.74. The van der Waals surface area contributed by atoms with Crippen LogP contribution in [0.2, 0.25) is 0 Å². The van der Waals surface area contributed by atoms with E-state index in [1.165, 1.54) is 6.07 Å². The Bertz CT molecular complexity index is 819. The Morgan fingerprint density at radius 2 is 2.13 bits per heavy atom. The number of halogens is 1. The maximum Gasteiger partial charge on any atom is 0.298 e. The minimum absolute atomic E-state index is 0.309. The Morgan fingerprint density at radius 1 is 1.30 bits per heavy atom. The fourth-order valence-electron chi connectivity index (χ4n) is 3.12. The number of rotatable bonds is 3. The normalized spacial score (nSPS) is 16.3. The molecule has 0 aliphatic carbocycles. The van der Waals surface area contributed by atoms with Gasteiger partial charge in [-0.15, -0.1) is 10.2 Å². The van der Waals surface area contributed by atoms with Crippen LogP contribution in [-0.2, 0) is 13.5 Å². The first-order valence-corrected chi connectivity index (χ1v) is 7.83. The molecular weight excluding hydrogens is 297 g/mol. The minimum Gasteiger partial charge on any atom is -0.423 e. The molecule has 1 fully saturated rings. The number of para-hydroxylation sites is 1. The summed E-state index contributed by atoms with van der Waals surface area (Å²) in [6, 6.07) is 5.30. The van der Waals surface area contributed by atoms with E-state index in [-0.39, 0.29) is 5.82 Å². The number of aromatic nitrogens is 4. The molecule has 7 heteroatoms. The molecule has 2 aromatic heterocycles. The first-order valence-electron chi connectivity index (χ1n) is 7.83. The smallest absolute Gasteiger partial charge is 0.298 e. The largest absolute Gasteiger partial charge is 0.423 e. The lowest BCUT2D eigenvalue weighted by Crippen LogP contribution is -2.34. The molecule has 0 N–H and O–H groups in total. The summed E-state index contributed by atoms with van der Waals surface area (Å²) < 4.78 is 21.4. The van der Waals surface area contributed by atoms with Crippen LogP contribution in [-0.4, -0.2) is 32.8 Å². The molecule has 0 unspecified atom stereocenters. The molecule has 120 valence electrons. The fourth-order valence-corrected chi connectivity index (χ4v) is 3.12. The van der Waals surface area contributed by atoms with Crippen LogP contribution in [0.5, 0.6) is 0 Å². The molecule has 0 bridgehead atoms. The molecule has 3 aromatic rings. The average Bonchev–Trinajstić information content (AvgIpc) is 3.16. The molecule has 0 saturated carbocycles. The van der Waals surface area contributed by atoms with Crippen LogP contribution < -0.4 is 4.90 Å². The predicted molar refractivity (Wildman–Crippen MR) is 83.6 cm³/mol. The van der Waals surface area contributed by atoms with Crippen molar-refractivity contribution in [1.29, 1.82) is 0 Å². The van der Waals surface area contributed by atoms with Crippen molar-refractivity contribution in [2.45, 2.75) is 19.3 Å². The van der Waals surface area contributed by atoms with Gasteiger partial charge in [-0.05, 0) is 30.9 Å². The molecular formula is C16H18FN5O. The van der Waals surface area contributed by atoms with E-state index in [2.05, 4.69) is 20.1 Å². The molecule has 0 atom stereocenters. The first-order chi connectivity index (χ1) is 11.2. The Hall–Kier alpha value is -2.44. The maximum atomic E-state index is 13.7. The summed E-state index contributed by atoms with van der Waals surface area (Å²) in [5.74, 6) is 1.26. The van der Waals surface area contributed by atoms with Gasteiger partial charge in [0.1, 0.15) is 17.7 Å². The SMILES string of the molecule is Cn1cnnc1CC1CCN(c2nc3c(F)cccc3o2)CC1. The zero-order chi connectivity index (χ0) is 15.8. The first kappa shape index (κ1) is 14.2. The Balaban J connectivity index is 1.44. The number of fused-ring (bicyclic) bond motifs is 1. The third-order valence-corrected chi connectivity index (χ3v) is 4.52. The van der Waals surface area contributed by atoms with Gasteiger partial charge < -0.3 is 13.9 Å². The number of anilines is 1. The van der Waals surface area contributed by atoms with Crippen LogP contribution in [0.4, 0.5) is 10.4 Å². The summed E-state index contributed by atoms with van der Waals surface area (Å²) >= 11 is 0. The number of piperidine rings is 1. The van der Waals surface area contributed by atoms with Gasteiger partial charge in [-0.1, -0.05) is 6.07 Å². The van der Waals surface area contributed by atoms with E-state index < -0.39 is 0 Å². The quantitative estimate of drug-likeness (QED) is 0.743. The molecule has 1 saturated heterocycles. The Kier molecular flexibility index (Phi) is 3.48. The lowest BCUT2D eigenvalue weighted by Gasteiger charge is -2.30. The van der Waals surface area contributed by atoms with Crippen LogP contribution >= 0.6 is 0 Å². The van der Waals surface area contributed by atoms with Crippen LogP contribution in [0.25, 0.3) is 11.1 Å². The van der Waals surface area contributed by atoms with Gasteiger partial charge in [0.25, 0.3) is 6.01 Å². The molecule has 23 heavy (non-hydrogen) atoms. The van der Waals surface area contributed by atoms with Crippen molar-refractivity contribution in [2.75, 3.05) is 18.0 Å². The second-order valence-electron chi connectivity index (χ2n) is 6.08. The zero-order valence-electron chi connectivity index (χ0n) is 12.9. The number of oxazole rings is 1. The van der Waals surface area contributed by atoms with Crippen molar-refractivity contribution < 1.29 is 8.81 Å². The lowest BCUT2D eigenvalue weighted by atomic mass is 9.93. The lowest BCUT2D eigenvalue weighted by molar-refractivity contribution is 0.380. The van der Waals surface area contributed by atoms with Gasteiger partial charge in [-0.3, -0.25) is 0 Å². The summed E-state index contributed by atoms with van der Waals surface area (Å²) in [4.78, 5) is 6.40. The monoisotopic (exact) mass is 315 g/mol. The summed E-state index contributed by atoms with van der Waals surface area (Å²) in [6.45, 7) is 1.72. The highest BCUT2D eigenvalue weighted by molar-refractivity contribution is 5.75. The van der Waals surface area contributed by atoms with E-state index in [0.29, 0.717) is 23.0 Å². The van der Waals surface area contributed by atoms with Crippen LogP contribution in [0, 0.1) is 11.7 Å². The summed E-state index contributed by atoms with van der Waals surface area (Å²) in [5.41, 5.74) is 0.810. The van der Waals surface area contributed by atoms with E-state index >= 15 is 0 Å². The zero-order valence-corrected chi connectivity index (χ0v) is 12.9. The highest BCUT2D eigenvalue weighted by Gasteiger charge is 2.24. The van der Waals surface area contributed by atoms with Crippen molar-refractivity contribution in [3.8, 4) is 0 Å². The Morgan fingerprint density at radius 3 is 2.83 bits per heavy atom. The van der Waals surface area contributed by atoms with Crippen molar-refractivity contribution in [2.24, 2.45) is 13.0 Å². The van der Waals surface area contributed by atoms with Crippen LogP contribution in [0.1, 0.15) is 18.7 Å². The molecule has 0 spiro atoms. The number of benzene rings is 1. The molecule has 1 aliphatic heterocycles. The van der Waals surface area contributed by atoms with Gasteiger partial charge in [0, 0.05) is 26.6 Å². The van der Waals surface area contributed by atoms with E-state index in [4.69, 9.17) is 4.42 Å². The molecule has 3 heterocycles. The molecule has 1 aromatic carbocycles. The van der Waals surface area contributed by atoms with E-state index in [1.54, 1.807) is 18.5 Å². The topological polar surface area (TPSA) is 60.0 Å². The third kappa shape index (κ3) is 2.67.